The van der Waals surface area contributed by atoms with Crippen LogP contribution >= 0.6 is 0 Å². The second-order valence-corrected chi connectivity index (χ2v) is 7.95. The molecule has 0 saturated carbocycles. The number of ether oxygens (including phenoxy) is 3. The molecule has 2 aromatic rings. The van der Waals surface area contributed by atoms with Crippen LogP contribution in [0.4, 0.5) is 5.69 Å². The lowest BCUT2D eigenvalue weighted by molar-refractivity contribution is -0.191. The summed E-state index contributed by atoms with van der Waals surface area (Å²) in [7, 11) is 0. The summed E-state index contributed by atoms with van der Waals surface area (Å²) in [5.41, 5.74) is 2.42. The molecule has 0 fully saturated rings. The number of hydrogen-bond acceptors (Lipinski definition) is 6. The predicted octanol–water partition coefficient (Wildman–Crippen LogP) is 5.43. The average Bonchev–Trinajstić information content (AvgIpc) is 3.06. The van der Waals surface area contributed by atoms with Gasteiger partial charge in [-0.05, 0) is 44.0 Å². The van der Waals surface area contributed by atoms with Crippen LogP contribution in [0.5, 0.6) is 5.75 Å². The molecule has 1 aliphatic rings. The van der Waals surface area contributed by atoms with Gasteiger partial charge in [0.2, 0.25) is 0 Å². The number of esters is 2. The Kier molecular flexibility index (Phi) is 7.78. The van der Waals surface area contributed by atoms with Crippen molar-refractivity contribution in [1.82, 2.24) is 0 Å². The number of benzene rings is 2. The van der Waals surface area contributed by atoms with E-state index in [-0.39, 0.29) is 0 Å². The fourth-order valence-corrected chi connectivity index (χ4v) is 4.04. The van der Waals surface area contributed by atoms with Crippen molar-refractivity contribution >= 4 is 17.6 Å². The maximum absolute atomic E-state index is 12.7. The van der Waals surface area contributed by atoms with E-state index >= 15 is 0 Å². The Morgan fingerprint density at radius 2 is 1.69 bits per heavy atom. The zero-order valence-electron chi connectivity index (χ0n) is 19.5. The molecule has 6 nitrogen and oxygen atoms in total. The van der Waals surface area contributed by atoms with Gasteiger partial charge in [0.1, 0.15) is 5.75 Å². The predicted molar refractivity (Wildman–Crippen MR) is 124 cm³/mol. The van der Waals surface area contributed by atoms with Gasteiger partial charge in [-0.1, -0.05) is 38.8 Å². The van der Waals surface area contributed by atoms with E-state index in [0.717, 1.165) is 44.5 Å². The maximum atomic E-state index is 12.7. The molecule has 0 N–H and O–H groups in total. The molecule has 1 unspecified atom stereocenters. The normalized spacial score (nSPS) is 16.9. The summed E-state index contributed by atoms with van der Waals surface area (Å²) in [5.74, 6) is -2.21. The van der Waals surface area contributed by atoms with Gasteiger partial charge < -0.3 is 19.1 Å². The van der Waals surface area contributed by atoms with Crippen LogP contribution in [-0.4, -0.2) is 31.6 Å². The highest BCUT2D eigenvalue weighted by Crippen LogP contribution is 2.47. The number of carbonyl (C=O) groups is 2. The second-order valence-electron chi connectivity index (χ2n) is 7.95. The van der Waals surface area contributed by atoms with Crippen LogP contribution in [0, 0.1) is 0 Å². The van der Waals surface area contributed by atoms with Crippen molar-refractivity contribution in [2.45, 2.75) is 59.2 Å². The van der Waals surface area contributed by atoms with E-state index in [2.05, 4.69) is 18.7 Å². The third-order valence-electron chi connectivity index (χ3n) is 5.57. The van der Waals surface area contributed by atoms with Crippen LogP contribution in [0.3, 0.4) is 0 Å². The molecule has 1 atom stereocenters. The molecule has 172 valence electrons. The number of fused-ring (bicyclic) bond motifs is 1. The quantitative estimate of drug-likeness (QED) is 0.435. The zero-order valence-corrected chi connectivity index (χ0v) is 19.5. The van der Waals surface area contributed by atoms with E-state index < -0.39 is 17.7 Å². The largest absolute Gasteiger partial charge is 0.493 e. The Hall–Kier alpha value is -3.02. The number of anilines is 1. The average molecular weight is 440 g/mol. The van der Waals surface area contributed by atoms with E-state index in [0.29, 0.717) is 29.0 Å². The Morgan fingerprint density at radius 3 is 2.31 bits per heavy atom. The topological polar surface area (TPSA) is 65.1 Å². The van der Waals surface area contributed by atoms with Crippen molar-refractivity contribution in [3.63, 3.8) is 0 Å². The summed E-state index contributed by atoms with van der Waals surface area (Å²) in [6, 6.07) is 12.8. The number of unbranched alkanes of at least 4 members (excludes halogenated alkanes) is 2. The smallest absolute Gasteiger partial charge is 0.342 e. The minimum absolute atomic E-state index is 0.382. The lowest BCUT2D eigenvalue weighted by Crippen LogP contribution is -2.34. The van der Waals surface area contributed by atoms with Gasteiger partial charge in [0.25, 0.3) is 0 Å². The van der Waals surface area contributed by atoms with E-state index in [1.807, 2.05) is 25.1 Å². The molecule has 0 amide bonds. The van der Waals surface area contributed by atoms with Gasteiger partial charge >= 0.3 is 17.7 Å². The number of nitrogens with zero attached hydrogens (tertiary/aromatic N) is 1. The van der Waals surface area contributed by atoms with E-state index in [1.165, 1.54) is 6.92 Å². The van der Waals surface area contributed by atoms with Gasteiger partial charge in [-0.15, -0.1) is 0 Å². The number of hydrogen-bond donors (Lipinski definition) is 0. The Labute approximate surface area is 190 Å². The molecule has 2 aromatic carbocycles. The molecule has 32 heavy (non-hydrogen) atoms. The standard InChI is InChI=1S/C26H33NO5/c1-5-8-16-27(17-9-6-2)20-14-15-23(24(18-20)30-7-3)26(31-19(4)28)22-13-11-10-12-21(22)25(29)32-26/h10-15,18H,5-9,16-17H2,1-4H3. The highest BCUT2D eigenvalue weighted by Gasteiger charge is 2.52. The summed E-state index contributed by atoms with van der Waals surface area (Å²) >= 11 is 0. The summed E-state index contributed by atoms with van der Waals surface area (Å²) in [6.07, 6.45) is 4.41. The minimum atomic E-state index is -1.67. The first-order valence-electron chi connectivity index (χ1n) is 11.5. The van der Waals surface area contributed by atoms with Crippen LogP contribution in [0.2, 0.25) is 0 Å². The van der Waals surface area contributed by atoms with Gasteiger partial charge in [0.05, 0.1) is 23.3 Å². The molecule has 0 saturated heterocycles. The Balaban J connectivity index is 2.12. The number of cyclic esters (lactones) is 1. The van der Waals surface area contributed by atoms with Crippen molar-refractivity contribution in [2.75, 3.05) is 24.6 Å². The number of rotatable bonds is 11. The first-order chi connectivity index (χ1) is 15.5. The van der Waals surface area contributed by atoms with Crippen LogP contribution in [0.1, 0.15) is 74.9 Å². The Morgan fingerprint density at radius 1 is 1.00 bits per heavy atom. The van der Waals surface area contributed by atoms with Crippen molar-refractivity contribution in [2.24, 2.45) is 0 Å². The van der Waals surface area contributed by atoms with Crippen LogP contribution < -0.4 is 9.64 Å². The second kappa shape index (κ2) is 10.5. The molecule has 0 bridgehead atoms. The Bertz CT molecular complexity index is 945. The molecule has 0 aromatic heterocycles. The van der Waals surface area contributed by atoms with Gasteiger partial charge in [0.15, 0.2) is 0 Å². The lowest BCUT2D eigenvalue weighted by atomic mass is 9.94. The summed E-state index contributed by atoms with van der Waals surface area (Å²) in [5, 5.41) is 0. The van der Waals surface area contributed by atoms with Crippen molar-refractivity contribution in [1.29, 1.82) is 0 Å². The fourth-order valence-electron chi connectivity index (χ4n) is 4.04. The zero-order chi connectivity index (χ0) is 23.1. The molecule has 1 aliphatic heterocycles. The molecule has 1 heterocycles. The van der Waals surface area contributed by atoms with Crippen molar-refractivity contribution < 1.29 is 23.8 Å². The van der Waals surface area contributed by atoms with Gasteiger partial charge in [-0.3, -0.25) is 4.79 Å². The SMILES string of the molecule is CCCCN(CCCC)c1ccc(C2(OC(C)=O)OC(=O)c3ccccc32)c(OCC)c1. The molecule has 0 aliphatic carbocycles. The first kappa shape index (κ1) is 23.6. The first-order valence-corrected chi connectivity index (χ1v) is 11.5. The van der Waals surface area contributed by atoms with Crippen molar-refractivity contribution in [3.8, 4) is 5.75 Å². The lowest BCUT2D eigenvalue weighted by Gasteiger charge is -2.31. The molecule has 3 rings (SSSR count). The van der Waals surface area contributed by atoms with E-state index in [4.69, 9.17) is 14.2 Å². The minimum Gasteiger partial charge on any atom is -0.493 e. The number of carbonyl (C=O) groups excluding carboxylic acids is 2. The fraction of sp³-hybridized carbons (Fsp3) is 0.462. The van der Waals surface area contributed by atoms with Crippen molar-refractivity contribution in [3.05, 3.63) is 59.2 Å². The third-order valence-corrected chi connectivity index (χ3v) is 5.57. The molecule has 0 spiro atoms. The van der Waals surface area contributed by atoms with Crippen LogP contribution in [0.15, 0.2) is 42.5 Å². The van der Waals surface area contributed by atoms with Crippen LogP contribution in [-0.2, 0) is 20.1 Å². The van der Waals surface area contributed by atoms with E-state index in [1.54, 1.807) is 24.3 Å². The highest BCUT2D eigenvalue weighted by molar-refractivity contribution is 5.95. The molecular formula is C26H33NO5. The summed E-state index contributed by atoms with van der Waals surface area (Å²) in [6.45, 7) is 9.90. The summed E-state index contributed by atoms with van der Waals surface area (Å²) in [4.78, 5) is 27.1. The molecule has 0 radical (unpaired) electrons. The summed E-state index contributed by atoms with van der Waals surface area (Å²) < 4.78 is 17.5. The maximum Gasteiger partial charge on any atom is 0.342 e. The van der Waals surface area contributed by atoms with Gasteiger partial charge in [0, 0.05) is 31.8 Å². The van der Waals surface area contributed by atoms with Gasteiger partial charge in [-0.2, -0.15) is 0 Å². The highest BCUT2D eigenvalue weighted by atomic mass is 16.7. The van der Waals surface area contributed by atoms with E-state index in [9.17, 15) is 9.59 Å². The van der Waals surface area contributed by atoms with Gasteiger partial charge in [-0.25, -0.2) is 4.79 Å². The van der Waals surface area contributed by atoms with Crippen LogP contribution in [0.25, 0.3) is 0 Å². The monoisotopic (exact) mass is 439 g/mol. The third kappa shape index (κ3) is 4.74. The molecule has 6 heteroatoms. The molecular weight excluding hydrogens is 406 g/mol.